The van der Waals surface area contributed by atoms with Gasteiger partial charge in [0.15, 0.2) is 0 Å². The highest BCUT2D eigenvalue weighted by atomic mass is 35.5. The molecule has 2 rings (SSSR count). The third-order valence-electron chi connectivity index (χ3n) is 3.36. The first-order chi connectivity index (χ1) is 9.90. The Labute approximate surface area is 139 Å². The molecule has 2 unspecified atom stereocenters. The Balaban J connectivity index is 2.22. The molecule has 1 nitrogen and oxygen atoms in total. The van der Waals surface area contributed by atoms with Gasteiger partial charge in [-0.05, 0) is 43.7 Å². The third-order valence-corrected chi connectivity index (χ3v) is 4.31. The van der Waals surface area contributed by atoms with Gasteiger partial charge >= 0.3 is 0 Å². The Morgan fingerprint density at radius 3 is 2.38 bits per heavy atom. The Hall–Kier alpha value is -0.800. The smallest absolute Gasteiger partial charge is 0.142 e. The Morgan fingerprint density at radius 2 is 1.71 bits per heavy atom. The van der Waals surface area contributed by atoms with Crippen LogP contribution >= 0.6 is 34.8 Å². The lowest BCUT2D eigenvalue weighted by molar-refractivity contribution is 0.492. The Morgan fingerprint density at radius 1 is 1.00 bits per heavy atom. The normalized spacial score (nSPS) is 14.0. The van der Waals surface area contributed by atoms with Crippen molar-refractivity contribution >= 4 is 34.8 Å². The van der Waals surface area contributed by atoms with Gasteiger partial charge < -0.3 is 5.32 Å². The van der Waals surface area contributed by atoms with E-state index in [-0.39, 0.29) is 17.1 Å². The van der Waals surface area contributed by atoms with Crippen molar-refractivity contribution in [1.82, 2.24) is 5.32 Å². The number of halogens is 4. The highest BCUT2D eigenvalue weighted by molar-refractivity contribution is 6.36. The zero-order valence-electron chi connectivity index (χ0n) is 11.6. The summed E-state index contributed by atoms with van der Waals surface area (Å²) in [5.74, 6) is -0.472. The third kappa shape index (κ3) is 3.89. The zero-order valence-corrected chi connectivity index (χ0v) is 13.9. The molecule has 0 saturated heterocycles. The van der Waals surface area contributed by atoms with Crippen LogP contribution in [0.25, 0.3) is 0 Å². The first-order valence-electron chi connectivity index (χ1n) is 6.55. The Kier molecular flexibility index (Phi) is 5.50. The SMILES string of the molecule is CC(NC(C)c1c(Cl)ccc(F)c1Cl)c1cccc(Cl)c1. The summed E-state index contributed by atoms with van der Waals surface area (Å²) in [6.45, 7) is 3.90. The minimum atomic E-state index is -0.472. The van der Waals surface area contributed by atoms with Crippen LogP contribution in [-0.4, -0.2) is 0 Å². The highest BCUT2D eigenvalue weighted by Crippen LogP contribution is 2.33. The lowest BCUT2D eigenvalue weighted by Crippen LogP contribution is -2.23. The molecule has 0 aliphatic rings. The Bertz CT molecular complexity index is 645. The highest BCUT2D eigenvalue weighted by Gasteiger charge is 2.19. The molecule has 0 bridgehead atoms. The second kappa shape index (κ2) is 6.97. The molecular weight excluding hydrogens is 332 g/mol. The van der Waals surface area contributed by atoms with E-state index in [9.17, 15) is 4.39 Å². The van der Waals surface area contributed by atoms with Crippen molar-refractivity contribution < 1.29 is 4.39 Å². The van der Waals surface area contributed by atoms with Crippen LogP contribution in [-0.2, 0) is 0 Å². The number of hydrogen-bond acceptors (Lipinski definition) is 1. The molecule has 2 atom stereocenters. The van der Waals surface area contributed by atoms with Gasteiger partial charge in [-0.1, -0.05) is 46.9 Å². The molecule has 0 spiro atoms. The maximum Gasteiger partial charge on any atom is 0.142 e. The summed E-state index contributed by atoms with van der Waals surface area (Å²) >= 11 is 18.2. The molecular formula is C16H15Cl3FN. The number of benzene rings is 2. The number of nitrogens with one attached hydrogen (secondary N) is 1. The van der Waals surface area contributed by atoms with Crippen LogP contribution in [0.3, 0.4) is 0 Å². The van der Waals surface area contributed by atoms with E-state index in [0.29, 0.717) is 15.6 Å². The molecule has 2 aromatic rings. The maximum absolute atomic E-state index is 13.6. The first-order valence-corrected chi connectivity index (χ1v) is 7.68. The van der Waals surface area contributed by atoms with E-state index < -0.39 is 5.82 Å². The van der Waals surface area contributed by atoms with Gasteiger partial charge in [0.25, 0.3) is 0 Å². The van der Waals surface area contributed by atoms with Gasteiger partial charge in [-0.2, -0.15) is 0 Å². The van der Waals surface area contributed by atoms with E-state index in [4.69, 9.17) is 34.8 Å². The predicted molar refractivity (Wildman–Crippen MR) is 87.8 cm³/mol. The van der Waals surface area contributed by atoms with Gasteiger partial charge in [0, 0.05) is 27.7 Å². The van der Waals surface area contributed by atoms with Gasteiger partial charge in [0.1, 0.15) is 5.82 Å². The fourth-order valence-electron chi connectivity index (χ4n) is 2.27. The molecule has 2 aromatic carbocycles. The van der Waals surface area contributed by atoms with Crippen LogP contribution in [0.1, 0.15) is 37.1 Å². The van der Waals surface area contributed by atoms with E-state index in [1.807, 2.05) is 38.1 Å². The van der Waals surface area contributed by atoms with E-state index in [1.54, 1.807) is 0 Å². The van der Waals surface area contributed by atoms with Crippen LogP contribution in [0, 0.1) is 5.82 Å². The molecule has 21 heavy (non-hydrogen) atoms. The largest absolute Gasteiger partial charge is 0.304 e. The zero-order chi connectivity index (χ0) is 15.6. The lowest BCUT2D eigenvalue weighted by Gasteiger charge is -2.22. The van der Waals surface area contributed by atoms with Crippen molar-refractivity contribution in [2.75, 3.05) is 0 Å². The molecule has 0 radical (unpaired) electrons. The summed E-state index contributed by atoms with van der Waals surface area (Å²) in [7, 11) is 0. The van der Waals surface area contributed by atoms with Gasteiger partial charge in [-0.3, -0.25) is 0 Å². The number of hydrogen-bond donors (Lipinski definition) is 1. The van der Waals surface area contributed by atoms with Crippen molar-refractivity contribution in [3.8, 4) is 0 Å². The van der Waals surface area contributed by atoms with E-state index >= 15 is 0 Å². The minimum absolute atomic E-state index is 0.0223. The van der Waals surface area contributed by atoms with E-state index in [1.165, 1.54) is 12.1 Å². The standard InChI is InChI=1S/C16H15Cl3FN/c1-9(11-4-3-5-12(17)8-11)21-10(2)15-13(18)6-7-14(20)16(15)19/h3-10,21H,1-2H3. The monoisotopic (exact) mass is 345 g/mol. The quantitative estimate of drug-likeness (QED) is 0.650. The lowest BCUT2D eigenvalue weighted by atomic mass is 10.0. The molecule has 0 fully saturated rings. The van der Waals surface area contributed by atoms with E-state index in [0.717, 1.165) is 5.56 Å². The van der Waals surface area contributed by atoms with Crippen LogP contribution in [0.5, 0.6) is 0 Å². The molecule has 1 N–H and O–H groups in total. The summed E-state index contributed by atoms with van der Waals surface area (Å²) in [6, 6.07) is 10.2. The summed E-state index contributed by atoms with van der Waals surface area (Å²) in [4.78, 5) is 0. The van der Waals surface area contributed by atoms with Gasteiger partial charge in [0.05, 0.1) is 5.02 Å². The van der Waals surface area contributed by atoms with Gasteiger partial charge in [-0.15, -0.1) is 0 Å². The molecule has 0 amide bonds. The first kappa shape index (κ1) is 16.6. The molecule has 0 saturated carbocycles. The average Bonchev–Trinajstić information content (AvgIpc) is 2.43. The van der Waals surface area contributed by atoms with Gasteiger partial charge in [0.2, 0.25) is 0 Å². The average molecular weight is 347 g/mol. The van der Waals surface area contributed by atoms with Crippen LogP contribution in [0.4, 0.5) is 4.39 Å². The molecule has 0 aromatic heterocycles. The minimum Gasteiger partial charge on any atom is -0.304 e. The van der Waals surface area contributed by atoms with Crippen molar-refractivity contribution in [3.05, 3.63) is 68.4 Å². The summed E-state index contributed by atoms with van der Waals surface area (Å²) in [6.07, 6.45) is 0. The fraction of sp³-hybridized carbons (Fsp3) is 0.250. The second-order valence-electron chi connectivity index (χ2n) is 4.92. The molecule has 0 aliphatic heterocycles. The van der Waals surface area contributed by atoms with Crippen molar-refractivity contribution in [3.63, 3.8) is 0 Å². The van der Waals surface area contributed by atoms with Crippen LogP contribution < -0.4 is 5.32 Å². The molecule has 5 heteroatoms. The van der Waals surface area contributed by atoms with Crippen molar-refractivity contribution in [1.29, 1.82) is 0 Å². The predicted octanol–water partition coefficient (Wildman–Crippen LogP) is 6.20. The summed E-state index contributed by atoms with van der Waals surface area (Å²) in [5.41, 5.74) is 1.60. The van der Waals surface area contributed by atoms with Crippen LogP contribution in [0.15, 0.2) is 36.4 Å². The van der Waals surface area contributed by atoms with Crippen molar-refractivity contribution in [2.45, 2.75) is 25.9 Å². The number of rotatable bonds is 4. The molecule has 0 aliphatic carbocycles. The van der Waals surface area contributed by atoms with Crippen LogP contribution in [0.2, 0.25) is 15.1 Å². The summed E-state index contributed by atoms with van der Waals surface area (Å²) < 4.78 is 13.6. The van der Waals surface area contributed by atoms with Gasteiger partial charge in [-0.25, -0.2) is 4.39 Å². The van der Waals surface area contributed by atoms with E-state index in [2.05, 4.69) is 5.32 Å². The molecule has 0 heterocycles. The maximum atomic E-state index is 13.6. The summed E-state index contributed by atoms with van der Waals surface area (Å²) in [5, 5.41) is 4.53. The van der Waals surface area contributed by atoms with Crippen molar-refractivity contribution in [2.24, 2.45) is 0 Å². The topological polar surface area (TPSA) is 12.0 Å². The fourth-order valence-corrected chi connectivity index (χ4v) is 3.17. The molecule has 112 valence electrons. The second-order valence-corrected chi connectivity index (χ2v) is 6.14.